The highest BCUT2D eigenvalue weighted by Crippen LogP contribution is 2.19. The number of hydrogen-bond acceptors (Lipinski definition) is 4. The number of nitrogens with zero attached hydrogens (tertiary/aromatic N) is 3. The molecule has 0 bridgehead atoms. The molecule has 0 spiro atoms. The number of halogens is 1. The van der Waals surface area contributed by atoms with Crippen LogP contribution in [0.25, 0.3) is 0 Å². The Labute approximate surface area is 162 Å². The van der Waals surface area contributed by atoms with Crippen molar-refractivity contribution >= 4 is 29.9 Å². The fourth-order valence-electron chi connectivity index (χ4n) is 2.83. The predicted octanol–water partition coefficient (Wildman–Crippen LogP) is 2.43. The van der Waals surface area contributed by atoms with E-state index >= 15 is 0 Å². The van der Waals surface area contributed by atoms with Crippen LogP contribution in [0.5, 0.6) is 0 Å². The molecule has 0 amide bonds. The van der Waals surface area contributed by atoms with Crippen LogP contribution >= 0.6 is 24.0 Å². The van der Waals surface area contributed by atoms with Crippen molar-refractivity contribution in [3.63, 3.8) is 0 Å². The summed E-state index contributed by atoms with van der Waals surface area (Å²) in [5, 5.41) is 3.38. The summed E-state index contributed by atoms with van der Waals surface area (Å²) < 4.78 is 11.0. The summed E-state index contributed by atoms with van der Waals surface area (Å²) in [6.07, 6.45) is 2.85. The van der Waals surface area contributed by atoms with Gasteiger partial charge in [-0.05, 0) is 39.6 Å². The van der Waals surface area contributed by atoms with Crippen molar-refractivity contribution in [3.05, 3.63) is 24.2 Å². The van der Waals surface area contributed by atoms with E-state index < -0.39 is 0 Å². The zero-order valence-electron chi connectivity index (χ0n) is 15.2. The van der Waals surface area contributed by atoms with Gasteiger partial charge in [0.05, 0.1) is 25.5 Å². The summed E-state index contributed by atoms with van der Waals surface area (Å²) in [5.74, 6) is 2.48. The predicted molar refractivity (Wildman–Crippen MR) is 108 cm³/mol. The standard InChI is InChI=1S/C17H30N4O2.HI/c1-5-18-17(21(4)12-14-8-10-22-13-14)19-11-15(20(2)3)16-7-6-9-23-16;/h6-7,9,14-15H,5,8,10-13H2,1-4H3,(H,18,19);1H. The van der Waals surface area contributed by atoms with Gasteiger partial charge < -0.3 is 19.4 Å². The van der Waals surface area contributed by atoms with Crippen molar-refractivity contribution in [3.8, 4) is 0 Å². The average Bonchev–Trinajstić information content (AvgIpc) is 3.19. The third kappa shape index (κ3) is 6.25. The van der Waals surface area contributed by atoms with Gasteiger partial charge in [-0.25, -0.2) is 0 Å². The van der Waals surface area contributed by atoms with Crippen LogP contribution in [0.15, 0.2) is 27.8 Å². The molecule has 1 saturated heterocycles. The van der Waals surface area contributed by atoms with E-state index in [4.69, 9.17) is 14.1 Å². The molecule has 0 aromatic carbocycles. The largest absolute Gasteiger partial charge is 0.468 e. The Morgan fingerprint density at radius 2 is 2.21 bits per heavy atom. The van der Waals surface area contributed by atoms with E-state index in [-0.39, 0.29) is 30.0 Å². The van der Waals surface area contributed by atoms with Crippen molar-refractivity contribution in [1.29, 1.82) is 0 Å². The average molecular weight is 450 g/mol. The van der Waals surface area contributed by atoms with E-state index in [1.165, 1.54) is 0 Å². The fraction of sp³-hybridized carbons (Fsp3) is 0.706. The van der Waals surface area contributed by atoms with Gasteiger partial charge in [0.2, 0.25) is 0 Å². The second-order valence-corrected chi connectivity index (χ2v) is 6.30. The van der Waals surface area contributed by atoms with E-state index in [2.05, 4.69) is 43.2 Å². The molecule has 0 aliphatic carbocycles. The molecule has 1 fully saturated rings. The van der Waals surface area contributed by atoms with E-state index in [1.54, 1.807) is 6.26 Å². The second-order valence-electron chi connectivity index (χ2n) is 6.30. The van der Waals surface area contributed by atoms with Crippen molar-refractivity contribution in [2.45, 2.75) is 19.4 Å². The van der Waals surface area contributed by atoms with Crippen LogP contribution in [0.1, 0.15) is 25.1 Å². The highest BCUT2D eigenvalue weighted by molar-refractivity contribution is 14.0. The molecule has 2 rings (SSSR count). The lowest BCUT2D eigenvalue weighted by molar-refractivity contribution is 0.181. The Balaban J connectivity index is 0.00000288. The maximum Gasteiger partial charge on any atom is 0.193 e. The number of likely N-dealkylation sites (N-methyl/N-ethyl adjacent to an activating group) is 1. The molecule has 6 nitrogen and oxygen atoms in total. The van der Waals surface area contributed by atoms with Crippen LogP contribution in [0.3, 0.4) is 0 Å². The molecule has 2 unspecified atom stereocenters. The molecule has 138 valence electrons. The summed E-state index contributed by atoms with van der Waals surface area (Å²) in [5.41, 5.74) is 0. The number of aliphatic imine (C=N–C) groups is 1. The van der Waals surface area contributed by atoms with Gasteiger partial charge in [-0.1, -0.05) is 0 Å². The Morgan fingerprint density at radius 1 is 1.42 bits per heavy atom. The fourth-order valence-corrected chi connectivity index (χ4v) is 2.83. The first-order chi connectivity index (χ1) is 11.1. The van der Waals surface area contributed by atoms with Crippen LogP contribution in [-0.2, 0) is 4.74 Å². The van der Waals surface area contributed by atoms with Crippen molar-refractivity contribution in [1.82, 2.24) is 15.1 Å². The van der Waals surface area contributed by atoms with E-state index in [1.807, 2.05) is 12.1 Å². The first kappa shape index (κ1) is 21.2. The zero-order valence-corrected chi connectivity index (χ0v) is 17.5. The van der Waals surface area contributed by atoms with E-state index in [0.717, 1.165) is 44.4 Å². The maximum absolute atomic E-state index is 5.56. The monoisotopic (exact) mass is 450 g/mol. The Bertz CT molecular complexity index is 473. The summed E-state index contributed by atoms with van der Waals surface area (Å²) in [4.78, 5) is 9.16. The van der Waals surface area contributed by atoms with Crippen molar-refractivity contribution in [2.24, 2.45) is 10.9 Å². The van der Waals surface area contributed by atoms with Gasteiger partial charge in [0.25, 0.3) is 0 Å². The molecule has 7 heteroatoms. The third-order valence-corrected chi connectivity index (χ3v) is 4.16. The number of rotatable bonds is 7. The first-order valence-electron chi connectivity index (χ1n) is 8.38. The van der Waals surface area contributed by atoms with Crippen molar-refractivity contribution < 1.29 is 9.15 Å². The Morgan fingerprint density at radius 3 is 2.75 bits per heavy atom. The number of ether oxygens (including phenoxy) is 1. The minimum atomic E-state index is 0. The highest BCUT2D eigenvalue weighted by atomic mass is 127. The lowest BCUT2D eigenvalue weighted by atomic mass is 10.1. The molecular formula is C17H31IN4O2. The molecule has 1 aliphatic heterocycles. The SMILES string of the molecule is CCNC(=NCC(c1ccco1)N(C)C)N(C)CC1CCOC1.I. The van der Waals surface area contributed by atoms with E-state index in [0.29, 0.717) is 12.5 Å². The molecule has 2 atom stereocenters. The zero-order chi connectivity index (χ0) is 16.7. The van der Waals surface area contributed by atoms with Crippen molar-refractivity contribution in [2.75, 3.05) is 54.0 Å². The number of hydrogen-bond donors (Lipinski definition) is 1. The Kier molecular flexibility index (Phi) is 9.68. The normalized spacial score (nSPS) is 19.2. The van der Waals surface area contributed by atoms with Gasteiger partial charge in [-0.15, -0.1) is 24.0 Å². The number of furan rings is 1. The molecule has 1 N–H and O–H groups in total. The quantitative estimate of drug-likeness (QED) is 0.393. The smallest absolute Gasteiger partial charge is 0.193 e. The molecule has 0 radical (unpaired) electrons. The van der Waals surface area contributed by atoms with Gasteiger partial charge in [0, 0.05) is 32.7 Å². The maximum atomic E-state index is 5.56. The molecule has 2 heterocycles. The lowest BCUT2D eigenvalue weighted by Gasteiger charge is -2.26. The van der Waals surface area contributed by atoms with Crippen LogP contribution in [0, 0.1) is 5.92 Å². The molecular weight excluding hydrogens is 419 g/mol. The second kappa shape index (κ2) is 10.9. The lowest BCUT2D eigenvalue weighted by Crippen LogP contribution is -2.42. The van der Waals surface area contributed by atoms with Gasteiger partial charge in [0.15, 0.2) is 5.96 Å². The van der Waals surface area contributed by atoms with E-state index in [9.17, 15) is 0 Å². The highest BCUT2D eigenvalue weighted by Gasteiger charge is 2.20. The topological polar surface area (TPSA) is 53.2 Å². The summed E-state index contributed by atoms with van der Waals surface area (Å²) in [6.45, 7) is 6.33. The summed E-state index contributed by atoms with van der Waals surface area (Å²) >= 11 is 0. The van der Waals surface area contributed by atoms with Crippen LogP contribution in [0.2, 0.25) is 0 Å². The van der Waals surface area contributed by atoms with Crippen LogP contribution < -0.4 is 5.32 Å². The minimum absolute atomic E-state index is 0. The number of nitrogens with one attached hydrogen (secondary N) is 1. The molecule has 24 heavy (non-hydrogen) atoms. The minimum Gasteiger partial charge on any atom is -0.468 e. The van der Waals surface area contributed by atoms with Crippen LogP contribution in [-0.4, -0.2) is 69.8 Å². The molecule has 1 aromatic heterocycles. The van der Waals surface area contributed by atoms with Gasteiger partial charge in [0.1, 0.15) is 5.76 Å². The summed E-state index contributed by atoms with van der Waals surface area (Å²) in [7, 11) is 6.20. The molecule has 1 aliphatic rings. The summed E-state index contributed by atoms with van der Waals surface area (Å²) in [6, 6.07) is 4.07. The number of guanidine groups is 1. The third-order valence-electron chi connectivity index (χ3n) is 4.16. The van der Waals surface area contributed by atoms with Gasteiger partial charge in [-0.3, -0.25) is 9.89 Å². The van der Waals surface area contributed by atoms with Crippen LogP contribution in [0.4, 0.5) is 0 Å². The molecule has 0 saturated carbocycles. The Hall–Kier alpha value is -0.800. The van der Waals surface area contributed by atoms with Gasteiger partial charge >= 0.3 is 0 Å². The molecule has 1 aromatic rings. The van der Waals surface area contributed by atoms with Gasteiger partial charge in [-0.2, -0.15) is 0 Å². The first-order valence-corrected chi connectivity index (χ1v) is 8.38.